The molecule has 0 radical (unpaired) electrons. The fraction of sp³-hybridized carbons (Fsp3) is 0.125. The van der Waals surface area contributed by atoms with Crippen molar-refractivity contribution in [1.29, 1.82) is 0 Å². The summed E-state index contributed by atoms with van der Waals surface area (Å²) in [5, 5.41) is 0.787. The van der Waals surface area contributed by atoms with Gasteiger partial charge in [0.15, 0.2) is 5.69 Å². The second-order valence-electron chi connectivity index (χ2n) is 2.06. The van der Waals surface area contributed by atoms with Crippen LogP contribution in [0.4, 0.5) is 5.69 Å². The molecule has 1 aromatic carbocycles. The van der Waals surface area contributed by atoms with Crippen LogP contribution in [0.5, 0.6) is 0 Å². The molecule has 0 saturated carbocycles. The molecule has 0 N–H and O–H groups in total. The Bertz CT molecular complexity index is 301. The van der Waals surface area contributed by atoms with Gasteiger partial charge in [0, 0.05) is 9.80 Å². The second kappa shape index (κ2) is 3.89. The van der Waals surface area contributed by atoms with Crippen molar-refractivity contribution in [2.24, 2.45) is 0 Å². The molecule has 0 bridgehead atoms. The van der Waals surface area contributed by atoms with Crippen LogP contribution in [0.25, 0.3) is 4.85 Å². The topological polar surface area (TPSA) is 4.36 Å². The van der Waals surface area contributed by atoms with Crippen molar-refractivity contribution in [3.8, 4) is 0 Å². The highest BCUT2D eigenvalue weighted by Gasteiger charge is 1.96. The molecule has 0 fully saturated rings. The first-order chi connectivity index (χ1) is 5.26. The summed E-state index contributed by atoms with van der Waals surface area (Å²) in [6.45, 7) is 6.80. The molecule has 0 aliphatic rings. The molecule has 0 amide bonds. The molecule has 1 aromatic rings. The summed E-state index contributed by atoms with van der Waals surface area (Å²) in [7, 11) is 0. The van der Waals surface area contributed by atoms with Crippen LogP contribution in [0.15, 0.2) is 22.7 Å². The smallest absolute Gasteiger partial charge is 0.188 e. The predicted molar refractivity (Wildman–Crippen MR) is 53.0 cm³/mol. The predicted octanol–water partition coefficient (Wildman–Crippen LogP) is 3.89. The van der Waals surface area contributed by atoms with Gasteiger partial charge < -0.3 is 0 Å². The van der Waals surface area contributed by atoms with Crippen molar-refractivity contribution >= 4 is 37.5 Å². The second-order valence-corrected chi connectivity index (χ2v) is 3.54. The first kappa shape index (κ1) is 8.76. The van der Waals surface area contributed by atoms with Crippen LogP contribution in [0.2, 0.25) is 0 Å². The Morgan fingerprint density at radius 1 is 1.36 bits per heavy atom. The molecule has 56 valence electrons. The number of hydrogen-bond acceptors (Lipinski definition) is 0. The third-order valence-corrected chi connectivity index (χ3v) is 2.33. The van der Waals surface area contributed by atoms with Crippen LogP contribution in [-0.2, 0) is 5.33 Å². The maximum atomic E-state index is 6.80. The van der Waals surface area contributed by atoms with Crippen LogP contribution in [0.3, 0.4) is 0 Å². The highest BCUT2D eigenvalue weighted by molar-refractivity contribution is 9.10. The normalized spacial score (nSPS) is 9.18. The van der Waals surface area contributed by atoms with Crippen LogP contribution < -0.4 is 0 Å². The summed E-state index contributed by atoms with van der Waals surface area (Å²) in [6, 6.07) is 5.66. The SMILES string of the molecule is [C-]#[N+]c1cc(Br)cc(CBr)c1. The maximum Gasteiger partial charge on any atom is 0.188 e. The number of rotatable bonds is 1. The molecule has 0 atom stereocenters. The van der Waals surface area contributed by atoms with E-state index in [1.54, 1.807) is 6.07 Å². The largest absolute Gasteiger partial charge is 0.238 e. The van der Waals surface area contributed by atoms with Crippen molar-refractivity contribution in [2.75, 3.05) is 0 Å². The Kier molecular flexibility index (Phi) is 3.10. The molecule has 1 rings (SSSR count). The Morgan fingerprint density at radius 3 is 2.64 bits per heavy atom. The summed E-state index contributed by atoms with van der Waals surface area (Å²) >= 11 is 6.66. The Hall–Kier alpha value is -0.330. The van der Waals surface area contributed by atoms with Crippen LogP contribution in [-0.4, -0.2) is 0 Å². The lowest BCUT2D eigenvalue weighted by atomic mass is 10.2. The summed E-state index contributed by atoms with van der Waals surface area (Å²) in [5.74, 6) is 0. The standard InChI is InChI=1S/C8H5Br2N/c1-11-8-3-6(5-9)2-7(10)4-8/h2-4H,5H2. The minimum atomic E-state index is 0.675. The molecule has 0 aliphatic heterocycles. The lowest BCUT2D eigenvalue weighted by Crippen LogP contribution is -1.75. The molecule has 1 nitrogen and oxygen atoms in total. The molecular weight excluding hydrogens is 270 g/mol. The van der Waals surface area contributed by atoms with Gasteiger partial charge in [0.25, 0.3) is 0 Å². The Labute approximate surface area is 82.5 Å². The van der Waals surface area contributed by atoms with E-state index in [-0.39, 0.29) is 0 Å². The summed E-state index contributed by atoms with van der Waals surface area (Å²) < 4.78 is 0.959. The fourth-order valence-corrected chi connectivity index (χ4v) is 1.63. The van der Waals surface area contributed by atoms with E-state index in [0.717, 1.165) is 15.4 Å². The zero-order valence-electron chi connectivity index (χ0n) is 5.64. The third kappa shape index (κ3) is 2.32. The minimum Gasteiger partial charge on any atom is -0.238 e. The van der Waals surface area contributed by atoms with Gasteiger partial charge in [0.2, 0.25) is 0 Å². The molecule has 0 unspecified atom stereocenters. The summed E-state index contributed by atoms with van der Waals surface area (Å²) in [6.07, 6.45) is 0. The molecule has 0 heterocycles. The van der Waals surface area contributed by atoms with Gasteiger partial charge in [-0.25, -0.2) is 4.85 Å². The molecule has 0 spiro atoms. The molecule has 0 aliphatic carbocycles. The van der Waals surface area contributed by atoms with Crippen molar-refractivity contribution in [1.82, 2.24) is 0 Å². The van der Waals surface area contributed by atoms with Crippen molar-refractivity contribution in [2.45, 2.75) is 5.33 Å². The monoisotopic (exact) mass is 273 g/mol. The van der Waals surface area contributed by atoms with E-state index in [2.05, 4.69) is 36.7 Å². The van der Waals surface area contributed by atoms with Gasteiger partial charge >= 0.3 is 0 Å². The van der Waals surface area contributed by atoms with Crippen molar-refractivity contribution in [3.63, 3.8) is 0 Å². The van der Waals surface area contributed by atoms with Gasteiger partial charge in [-0.1, -0.05) is 37.9 Å². The summed E-state index contributed by atoms with van der Waals surface area (Å²) in [5.41, 5.74) is 1.79. The molecule has 3 heteroatoms. The molecular formula is C8H5Br2N. The van der Waals surface area contributed by atoms with Crippen LogP contribution >= 0.6 is 31.9 Å². The van der Waals surface area contributed by atoms with E-state index < -0.39 is 0 Å². The van der Waals surface area contributed by atoms with Gasteiger partial charge in [-0.15, -0.1) is 0 Å². The van der Waals surface area contributed by atoms with E-state index in [1.807, 2.05) is 12.1 Å². The minimum absolute atomic E-state index is 0.675. The van der Waals surface area contributed by atoms with Crippen LogP contribution in [0, 0.1) is 6.57 Å². The maximum absolute atomic E-state index is 6.80. The molecule has 0 saturated heterocycles. The van der Waals surface area contributed by atoms with Gasteiger partial charge in [-0.2, -0.15) is 0 Å². The fourth-order valence-electron chi connectivity index (χ4n) is 0.775. The first-order valence-electron chi connectivity index (χ1n) is 2.99. The number of halogens is 2. The highest BCUT2D eigenvalue weighted by atomic mass is 79.9. The van der Waals surface area contributed by atoms with Crippen molar-refractivity contribution < 1.29 is 0 Å². The number of nitrogens with zero attached hydrogens (tertiary/aromatic N) is 1. The lowest BCUT2D eigenvalue weighted by molar-refractivity contribution is 1.43. The van der Waals surface area contributed by atoms with Gasteiger partial charge in [-0.05, 0) is 17.7 Å². The zero-order valence-corrected chi connectivity index (χ0v) is 8.81. The number of benzene rings is 1. The number of hydrogen-bond donors (Lipinski definition) is 0. The molecule has 11 heavy (non-hydrogen) atoms. The van der Waals surface area contributed by atoms with E-state index in [0.29, 0.717) is 5.69 Å². The lowest BCUT2D eigenvalue weighted by Gasteiger charge is -1.97. The zero-order chi connectivity index (χ0) is 8.27. The van der Waals surface area contributed by atoms with E-state index in [1.165, 1.54) is 0 Å². The van der Waals surface area contributed by atoms with E-state index >= 15 is 0 Å². The highest BCUT2D eigenvalue weighted by Crippen LogP contribution is 2.22. The van der Waals surface area contributed by atoms with E-state index in [9.17, 15) is 0 Å². The summed E-state index contributed by atoms with van der Waals surface area (Å²) in [4.78, 5) is 3.34. The van der Waals surface area contributed by atoms with Crippen molar-refractivity contribution in [3.05, 3.63) is 39.7 Å². The Morgan fingerprint density at radius 2 is 2.09 bits per heavy atom. The average molecular weight is 275 g/mol. The van der Waals surface area contributed by atoms with Gasteiger partial charge in [0.1, 0.15) is 0 Å². The van der Waals surface area contributed by atoms with Gasteiger partial charge in [0.05, 0.1) is 6.57 Å². The van der Waals surface area contributed by atoms with Crippen LogP contribution in [0.1, 0.15) is 5.56 Å². The van der Waals surface area contributed by atoms with E-state index in [4.69, 9.17) is 6.57 Å². The quantitative estimate of drug-likeness (QED) is 0.541. The average Bonchev–Trinajstić information content (AvgIpc) is 2.03. The number of alkyl halides is 1. The molecule has 0 aromatic heterocycles. The third-order valence-electron chi connectivity index (χ3n) is 1.23. The first-order valence-corrected chi connectivity index (χ1v) is 4.90. The Balaban J connectivity index is 3.15. The van der Waals surface area contributed by atoms with Gasteiger partial charge in [-0.3, -0.25) is 0 Å².